The molecule has 0 unspecified atom stereocenters. The number of Topliss-reactive ketones (excluding diaryl/α,β-unsaturated/α-hetero) is 1. The Morgan fingerprint density at radius 1 is 1.75 bits per heavy atom. The third kappa shape index (κ3) is 3.11. The third-order valence-corrected chi connectivity index (χ3v) is 2.28. The molecule has 0 amide bonds. The zero-order valence-electron chi connectivity index (χ0n) is 6.95. The molecule has 66 valence electrons. The lowest BCUT2D eigenvalue weighted by Crippen LogP contribution is -2.06. The SMILES string of the molecule is COCC(=O)CCc1cncs1. The van der Waals surface area contributed by atoms with Gasteiger partial charge in [0.05, 0.1) is 5.51 Å². The van der Waals surface area contributed by atoms with E-state index in [4.69, 9.17) is 4.74 Å². The van der Waals surface area contributed by atoms with Crippen LogP contribution in [0.3, 0.4) is 0 Å². The zero-order chi connectivity index (χ0) is 8.81. The lowest BCUT2D eigenvalue weighted by molar-refractivity contribution is -0.122. The number of aryl methyl sites for hydroxylation is 1. The molecule has 0 aliphatic rings. The summed E-state index contributed by atoms with van der Waals surface area (Å²) in [7, 11) is 1.53. The number of ether oxygens (including phenoxy) is 1. The van der Waals surface area contributed by atoms with E-state index in [-0.39, 0.29) is 12.4 Å². The van der Waals surface area contributed by atoms with Crippen molar-refractivity contribution in [1.82, 2.24) is 4.98 Å². The number of nitrogens with zero attached hydrogens (tertiary/aromatic N) is 1. The fourth-order valence-corrected chi connectivity index (χ4v) is 1.46. The molecular weight excluding hydrogens is 174 g/mol. The van der Waals surface area contributed by atoms with Crippen LogP contribution in [0.25, 0.3) is 0 Å². The van der Waals surface area contributed by atoms with Gasteiger partial charge in [-0.2, -0.15) is 0 Å². The summed E-state index contributed by atoms with van der Waals surface area (Å²) in [6, 6.07) is 0. The first-order valence-electron chi connectivity index (χ1n) is 3.71. The number of aromatic nitrogens is 1. The number of methoxy groups -OCH3 is 1. The molecule has 0 N–H and O–H groups in total. The predicted molar refractivity (Wildman–Crippen MR) is 47.3 cm³/mol. The van der Waals surface area contributed by atoms with E-state index < -0.39 is 0 Å². The highest BCUT2D eigenvalue weighted by Gasteiger charge is 2.02. The molecule has 3 nitrogen and oxygen atoms in total. The van der Waals surface area contributed by atoms with Crippen LogP contribution < -0.4 is 0 Å². The van der Waals surface area contributed by atoms with Crippen LogP contribution in [0.2, 0.25) is 0 Å². The summed E-state index contributed by atoms with van der Waals surface area (Å²) in [5, 5.41) is 0. The number of hydrogen-bond donors (Lipinski definition) is 0. The second kappa shape index (κ2) is 5.00. The van der Waals surface area contributed by atoms with Crippen molar-refractivity contribution in [2.24, 2.45) is 0 Å². The van der Waals surface area contributed by atoms with Crippen molar-refractivity contribution < 1.29 is 9.53 Å². The van der Waals surface area contributed by atoms with Gasteiger partial charge in [0.2, 0.25) is 0 Å². The van der Waals surface area contributed by atoms with Crippen molar-refractivity contribution in [3.8, 4) is 0 Å². The number of carbonyl (C=O) groups is 1. The van der Waals surface area contributed by atoms with E-state index in [0.717, 1.165) is 11.3 Å². The molecule has 0 radical (unpaired) electrons. The van der Waals surface area contributed by atoms with Gasteiger partial charge in [-0.05, 0) is 6.42 Å². The summed E-state index contributed by atoms with van der Waals surface area (Å²) < 4.78 is 4.71. The van der Waals surface area contributed by atoms with E-state index >= 15 is 0 Å². The van der Waals surface area contributed by atoms with Gasteiger partial charge >= 0.3 is 0 Å². The molecule has 0 aromatic carbocycles. The Balaban J connectivity index is 2.22. The average molecular weight is 185 g/mol. The van der Waals surface area contributed by atoms with E-state index in [1.54, 1.807) is 23.0 Å². The Morgan fingerprint density at radius 2 is 2.58 bits per heavy atom. The van der Waals surface area contributed by atoms with Gasteiger partial charge in [-0.1, -0.05) is 0 Å². The molecule has 1 aromatic rings. The number of thiazole rings is 1. The van der Waals surface area contributed by atoms with E-state index in [1.165, 1.54) is 7.11 Å². The molecule has 1 rings (SSSR count). The number of ketones is 1. The summed E-state index contributed by atoms with van der Waals surface area (Å²) in [4.78, 5) is 16.1. The molecule has 0 saturated heterocycles. The first-order valence-corrected chi connectivity index (χ1v) is 4.59. The highest BCUT2D eigenvalue weighted by atomic mass is 32.1. The molecule has 1 heterocycles. The minimum atomic E-state index is 0.144. The molecule has 0 aliphatic heterocycles. The summed E-state index contributed by atoms with van der Waals surface area (Å²) in [5.74, 6) is 0.144. The number of rotatable bonds is 5. The van der Waals surface area contributed by atoms with Gasteiger partial charge in [0.15, 0.2) is 5.78 Å². The molecule has 0 bridgehead atoms. The summed E-state index contributed by atoms with van der Waals surface area (Å²) in [6.45, 7) is 0.221. The maximum Gasteiger partial charge on any atom is 0.158 e. The van der Waals surface area contributed by atoms with Crippen LogP contribution in [0.4, 0.5) is 0 Å². The summed E-state index contributed by atoms with van der Waals surface area (Å²) in [6.07, 6.45) is 3.13. The number of hydrogen-bond acceptors (Lipinski definition) is 4. The lowest BCUT2D eigenvalue weighted by Gasteiger charge is -1.96. The Morgan fingerprint density at radius 3 is 3.17 bits per heavy atom. The molecule has 4 heteroatoms. The van der Waals surface area contributed by atoms with Crippen LogP contribution in [0.5, 0.6) is 0 Å². The third-order valence-electron chi connectivity index (χ3n) is 1.44. The molecule has 0 spiro atoms. The van der Waals surface area contributed by atoms with Crippen LogP contribution in [0.1, 0.15) is 11.3 Å². The Hall–Kier alpha value is -0.740. The first kappa shape index (κ1) is 9.35. The van der Waals surface area contributed by atoms with Crippen LogP contribution in [0, 0.1) is 0 Å². The Kier molecular flexibility index (Phi) is 3.90. The van der Waals surface area contributed by atoms with Crippen molar-refractivity contribution in [2.75, 3.05) is 13.7 Å². The highest BCUT2D eigenvalue weighted by molar-refractivity contribution is 7.09. The first-order chi connectivity index (χ1) is 5.83. The standard InChI is InChI=1S/C8H11NO2S/c1-11-5-7(10)2-3-8-4-9-6-12-8/h4,6H,2-3,5H2,1H3. The van der Waals surface area contributed by atoms with Crippen molar-refractivity contribution in [3.63, 3.8) is 0 Å². The Labute approximate surface area is 75.4 Å². The van der Waals surface area contributed by atoms with Crippen molar-refractivity contribution in [1.29, 1.82) is 0 Å². The summed E-state index contributed by atoms with van der Waals surface area (Å²) in [5.41, 5.74) is 1.77. The highest BCUT2D eigenvalue weighted by Crippen LogP contribution is 2.08. The molecule has 0 saturated carbocycles. The molecular formula is C8H11NO2S. The van der Waals surface area contributed by atoms with Crippen molar-refractivity contribution in [3.05, 3.63) is 16.6 Å². The van der Waals surface area contributed by atoms with Gasteiger partial charge in [0, 0.05) is 24.6 Å². The topological polar surface area (TPSA) is 39.2 Å². The molecule has 1 aromatic heterocycles. The molecule has 12 heavy (non-hydrogen) atoms. The minimum Gasteiger partial charge on any atom is -0.377 e. The van der Waals surface area contributed by atoms with Gasteiger partial charge < -0.3 is 4.74 Å². The predicted octanol–water partition coefficient (Wildman–Crippen LogP) is 1.29. The van der Waals surface area contributed by atoms with Crippen LogP contribution in [-0.4, -0.2) is 24.5 Å². The van der Waals surface area contributed by atoms with Gasteiger partial charge in [0.1, 0.15) is 6.61 Å². The van der Waals surface area contributed by atoms with Crippen molar-refractivity contribution in [2.45, 2.75) is 12.8 Å². The fourth-order valence-electron chi connectivity index (χ4n) is 0.861. The van der Waals surface area contributed by atoms with E-state index in [1.807, 2.05) is 0 Å². The fraction of sp³-hybridized carbons (Fsp3) is 0.500. The Bertz CT molecular complexity index is 233. The van der Waals surface area contributed by atoms with Gasteiger partial charge in [-0.25, -0.2) is 0 Å². The monoisotopic (exact) mass is 185 g/mol. The zero-order valence-corrected chi connectivity index (χ0v) is 7.76. The second-order valence-electron chi connectivity index (χ2n) is 2.44. The average Bonchev–Trinajstić information content (AvgIpc) is 2.53. The largest absolute Gasteiger partial charge is 0.377 e. The van der Waals surface area contributed by atoms with Crippen molar-refractivity contribution >= 4 is 17.1 Å². The molecule has 0 fully saturated rings. The quantitative estimate of drug-likeness (QED) is 0.694. The van der Waals surface area contributed by atoms with Gasteiger partial charge in [0.25, 0.3) is 0 Å². The van der Waals surface area contributed by atoms with E-state index in [0.29, 0.717) is 6.42 Å². The smallest absolute Gasteiger partial charge is 0.158 e. The van der Waals surface area contributed by atoms with Gasteiger partial charge in [-0.3, -0.25) is 9.78 Å². The van der Waals surface area contributed by atoms with Gasteiger partial charge in [-0.15, -0.1) is 11.3 Å². The van der Waals surface area contributed by atoms with E-state index in [2.05, 4.69) is 4.98 Å². The number of carbonyl (C=O) groups excluding carboxylic acids is 1. The summed E-state index contributed by atoms with van der Waals surface area (Å²) >= 11 is 1.58. The normalized spacial score (nSPS) is 10.1. The van der Waals surface area contributed by atoms with Crippen LogP contribution in [0.15, 0.2) is 11.7 Å². The lowest BCUT2D eigenvalue weighted by atomic mass is 10.2. The van der Waals surface area contributed by atoms with E-state index in [9.17, 15) is 4.79 Å². The maximum absolute atomic E-state index is 11.0. The van der Waals surface area contributed by atoms with Crippen LogP contribution >= 0.6 is 11.3 Å². The van der Waals surface area contributed by atoms with Crippen LogP contribution in [-0.2, 0) is 16.0 Å². The second-order valence-corrected chi connectivity index (χ2v) is 3.41. The molecule has 0 atom stereocenters. The minimum absolute atomic E-state index is 0.144. The maximum atomic E-state index is 11.0. The molecule has 0 aliphatic carbocycles.